The molecule has 2 fully saturated rings. The molecule has 3 aromatic rings. The molecule has 0 bridgehead atoms. The summed E-state index contributed by atoms with van der Waals surface area (Å²) in [5.41, 5.74) is 10.8. The van der Waals surface area contributed by atoms with Crippen molar-refractivity contribution in [2.45, 2.75) is 68.3 Å². The molecule has 2 aliphatic rings. The van der Waals surface area contributed by atoms with E-state index in [1.807, 2.05) is 0 Å². The van der Waals surface area contributed by atoms with Crippen LogP contribution in [0.15, 0.2) is 42.4 Å². The van der Waals surface area contributed by atoms with E-state index in [0.29, 0.717) is 0 Å². The summed E-state index contributed by atoms with van der Waals surface area (Å²) in [6.45, 7) is 0.898. The molecule has 302 valence electrons. The average molecular weight is 820 g/mol. The van der Waals surface area contributed by atoms with Gasteiger partial charge in [0.25, 0.3) is 0 Å². The van der Waals surface area contributed by atoms with Gasteiger partial charge < -0.3 is 55.5 Å². The number of aliphatic hydroxyl groups is 2. The van der Waals surface area contributed by atoms with E-state index in [9.17, 15) is 48.4 Å². The summed E-state index contributed by atoms with van der Waals surface area (Å²) in [6, 6.07) is -0.270. The Bertz CT molecular complexity index is 2030. The summed E-state index contributed by atoms with van der Waals surface area (Å²) in [4.78, 5) is 84.3. The number of anilines is 2. The zero-order chi connectivity index (χ0) is 40.2. The first-order valence-corrected chi connectivity index (χ1v) is 19.3. The van der Waals surface area contributed by atoms with Crippen LogP contribution in [-0.2, 0) is 46.5 Å². The Kier molecular flexibility index (Phi) is 13.2. The van der Waals surface area contributed by atoms with Gasteiger partial charge in [0.05, 0.1) is 26.1 Å². The van der Waals surface area contributed by atoms with Crippen LogP contribution < -0.4 is 17.2 Å². The fourth-order valence-corrected chi connectivity index (χ4v) is 7.05. The summed E-state index contributed by atoms with van der Waals surface area (Å²) < 4.78 is 59.2. The lowest BCUT2D eigenvalue weighted by Crippen LogP contribution is -2.49. The van der Waals surface area contributed by atoms with E-state index in [2.05, 4.69) is 31.0 Å². The maximum Gasteiger partial charge on any atom is 0.472 e. The number of ether oxygens (including phenoxy) is 3. The smallest absolute Gasteiger partial charge is 0.455 e. The number of aliphatic hydroxyl groups excluding tert-OH is 2. The van der Waals surface area contributed by atoms with E-state index >= 15 is 0 Å². The first-order chi connectivity index (χ1) is 25.9. The van der Waals surface area contributed by atoms with Gasteiger partial charge in [-0.25, -0.2) is 33.7 Å². The minimum Gasteiger partial charge on any atom is -0.455 e. The fourth-order valence-electron chi connectivity index (χ4n) is 5.75. The monoisotopic (exact) mass is 819 g/mol. The molecule has 5 rings (SSSR count). The van der Waals surface area contributed by atoms with Gasteiger partial charge in [0, 0.05) is 26.1 Å². The summed E-state index contributed by atoms with van der Waals surface area (Å²) >= 11 is 0. The molecule has 0 radical (unpaired) electrons. The Morgan fingerprint density at radius 3 is 2.53 bits per heavy atom. The number of amides is 1. The van der Waals surface area contributed by atoms with Gasteiger partial charge in [0.2, 0.25) is 5.91 Å². The maximum absolute atomic E-state index is 13.4. The number of aromatic nitrogens is 6. The number of phosphoric acid groups is 2. The highest BCUT2D eigenvalue weighted by molar-refractivity contribution is 7.47. The number of carbonyl (C=O) groups is 2. The van der Waals surface area contributed by atoms with Crippen molar-refractivity contribution in [1.82, 2.24) is 34.0 Å². The lowest BCUT2D eigenvalue weighted by molar-refractivity contribution is -0.166. The molecule has 2 unspecified atom stereocenters. The van der Waals surface area contributed by atoms with E-state index in [1.54, 1.807) is 0 Å². The minimum atomic E-state index is -5.22. The number of phosphoric ester groups is 2. The Morgan fingerprint density at radius 2 is 1.85 bits per heavy atom. The molecule has 55 heavy (non-hydrogen) atoms. The van der Waals surface area contributed by atoms with Gasteiger partial charge in [-0.3, -0.25) is 27.5 Å². The number of hydrogen-bond donors (Lipinski definition) is 7. The summed E-state index contributed by atoms with van der Waals surface area (Å²) in [6.07, 6.45) is -5.66. The van der Waals surface area contributed by atoms with Crippen molar-refractivity contribution in [3.63, 3.8) is 0 Å². The van der Waals surface area contributed by atoms with Gasteiger partial charge in [0.15, 0.2) is 29.8 Å². The maximum atomic E-state index is 13.4. The van der Waals surface area contributed by atoms with E-state index < -0.39 is 102 Å². The molecule has 0 aliphatic carbocycles. The number of hydrogen-bond acceptors (Lipinski definition) is 19. The molecular formula is C28H39N9O16P2. The molecule has 2 aliphatic heterocycles. The van der Waals surface area contributed by atoms with Crippen LogP contribution in [0.4, 0.5) is 11.6 Å². The fraction of sp³-hybridized carbons (Fsp3) is 0.536. The Balaban J connectivity index is 1.36. The Labute approximate surface area is 310 Å². The average Bonchev–Trinajstić information content (AvgIpc) is 3.81. The Hall–Kier alpha value is -4.23. The Morgan fingerprint density at radius 1 is 1.13 bits per heavy atom. The van der Waals surface area contributed by atoms with Crippen LogP contribution in [0.1, 0.15) is 31.7 Å². The molecule has 27 heteroatoms. The van der Waals surface area contributed by atoms with E-state index in [0.717, 1.165) is 15.8 Å². The van der Waals surface area contributed by atoms with E-state index in [1.165, 1.54) is 36.3 Å². The van der Waals surface area contributed by atoms with Crippen LogP contribution in [-0.4, -0.2) is 134 Å². The predicted octanol–water partition coefficient (Wildman–Crippen LogP) is -1.90. The number of fused-ring (bicyclic) bond motifs is 1. The highest BCUT2D eigenvalue weighted by Gasteiger charge is 2.50. The summed E-state index contributed by atoms with van der Waals surface area (Å²) in [7, 11) is -9.02. The van der Waals surface area contributed by atoms with Crippen molar-refractivity contribution < 1.29 is 71.4 Å². The van der Waals surface area contributed by atoms with Gasteiger partial charge in [0.1, 0.15) is 48.3 Å². The van der Waals surface area contributed by atoms with Crippen LogP contribution in [0.3, 0.4) is 0 Å². The SMILES string of the molecule is C=CCCC(=O)N(C)C(CO)C(=O)O[C@H]1[C@@H](O)[C@H](n2cnc3c(N)ncnc32)O[C@@H]1COP(=O)(O)O[C@H]1C[C@H](n2ccc(N)nc2=O)O[C@H]1COP(=O)(O)O. The van der Waals surface area contributed by atoms with Crippen molar-refractivity contribution in [2.75, 3.05) is 38.3 Å². The first-order valence-electron chi connectivity index (χ1n) is 16.2. The van der Waals surface area contributed by atoms with Crippen molar-refractivity contribution in [2.24, 2.45) is 0 Å². The molecular weight excluding hydrogens is 780 g/mol. The van der Waals surface area contributed by atoms with Crippen LogP contribution in [0, 0.1) is 0 Å². The molecule has 9 N–H and O–H groups in total. The molecule has 1 amide bonds. The number of imidazole rings is 1. The number of nitrogens with two attached hydrogens (primary N) is 2. The third kappa shape index (κ3) is 9.96. The van der Waals surface area contributed by atoms with Crippen LogP contribution in [0.5, 0.6) is 0 Å². The van der Waals surface area contributed by atoms with Gasteiger partial charge in [-0.2, -0.15) is 4.98 Å². The number of nitrogen functional groups attached to an aromatic ring is 2. The molecule has 0 aromatic carbocycles. The predicted molar refractivity (Wildman–Crippen MR) is 183 cm³/mol. The first kappa shape index (κ1) is 41.9. The highest BCUT2D eigenvalue weighted by Crippen LogP contribution is 2.50. The van der Waals surface area contributed by atoms with Crippen LogP contribution >= 0.6 is 15.6 Å². The number of esters is 1. The molecule has 0 spiro atoms. The van der Waals surface area contributed by atoms with Gasteiger partial charge in [-0.1, -0.05) is 6.08 Å². The lowest BCUT2D eigenvalue weighted by Gasteiger charge is -2.28. The van der Waals surface area contributed by atoms with Gasteiger partial charge >= 0.3 is 27.3 Å². The van der Waals surface area contributed by atoms with Crippen molar-refractivity contribution in [3.8, 4) is 0 Å². The molecule has 5 heterocycles. The largest absolute Gasteiger partial charge is 0.472 e. The molecule has 25 nitrogen and oxygen atoms in total. The second-order valence-corrected chi connectivity index (χ2v) is 14.8. The van der Waals surface area contributed by atoms with Crippen molar-refractivity contribution in [1.29, 1.82) is 0 Å². The van der Waals surface area contributed by atoms with Crippen molar-refractivity contribution in [3.05, 3.63) is 48.1 Å². The second kappa shape index (κ2) is 17.3. The van der Waals surface area contributed by atoms with Crippen LogP contribution in [0.2, 0.25) is 0 Å². The summed E-state index contributed by atoms with van der Waals surface area (Å²) in [5, 5.41) is 21.5. The zero-order valence-corrected chi connectivity index (χ0v) is 30.7. The van der Waals surface area contributed by atoms with E-state index in [4.69, 9.17) is 34.7 Å². The molecule has 3 aromatic heterocycles. The number of carbonyl (C=O) groups excluding carboxylic acids is 2. The number of rotatable bonds is 17. The highest BCUT2D eigenvalue weighted by atomic mass is 31.2. The second-order valence-electron chi connectivity index (χ2n) is 12.2. The minimum absolute atomic E-state index is 0.00688. The molecule has 0 saturated carbocycles. The lowest BCUT2D eigenvalue weighted by atomic mass is 10.1. The third-order valence-corrected chi connectivity index (χ3v) is 10.0. The third-order valence-electron chi connectivity index (χ3n) is 8.51. The van der Waals surface area contributed by atoms with Crippen molar-refractivity contribution >= 4 is 50.3 Å². The number of nitrogens with zero attached hydrogens (tertiary/aromatic N) is 7. The zero-order valence-electron chi connectivity index (χ0n) is 28.9. The summed E-state index contributed by atoms with van der Waals surface area (Å²) in [5.74, 6) is -1.82. The van der Waals surface area contributed by atoms with Gasteiger partial charge in [-0.05, 0) is 12.5 Å². The number of likely N-dealkylation sites (N-methyl/N-ethyl adjacent to an activating group) is 1. The normalized spacial score (nSPS) is 25.7. The molecule has 9 atom stereocenters. The van der Waals surface area contributed by atoms with Crippen LogP contribution in [0.25, 0.3) is 11.2 Å². The standard InChI is InChI=1S/C28H39N9O16P2/c1-3-4-5-19(39)35(2)14(9-38)27(41)52-23-17(51-26(22(23)40)37-13-33-21-24(30)31-12-32-25(21)37)11-49-55(46,47)53-15-8-20(36-7-6-18(29)34-28(36)42)50-16(15)10-48-54(43,44)45/h3,6-7,12-17,20,22-23,26,38,40H,1,4-5,8-11H2,2H3,(H,46,47)(H2,29,34,42)(H2,30,31,32)(H2,43,44,45)/t14?,15-,16-,17+,20+,22+,23+,26+/m0/s1. The number of allylic oxidation sites excluding steroid dienone is 1. The quantitative estimate of drug-likeness (QED) is 0.0444. The van der Waals surface area contributed by atoms with E-state index in [-0.39, 0.29) is 42.1 Å². The van der Waals surface area contributed by atoms with Gasteiger partial charge in [-0.15, -0.1) is 6.58 Å². The molecule has 2 saturated heterocycles. The topological polar surface area (TPSA) is 359 Å².